The highest BCUT2D eigenvalue weighted by Crippen LogP contribution is 2.37. The minimum absolute atomic E-state index is 0.0301. The van der Waals surface area contributed by atoms with Crippen LogP contribution < -0.4 is 4.74 Å². The van der Waals surface area contributed by atoms with E-state index >= 15 is 0 Å². The summed E-state index contributed by atoms with van der Waals surface area (Å²) in [6.45, 7) is 0.196. The molecule has 0 unspecified atom stereocenters. The van der Waals surface area contributed by atoms with Crippen molar-refractivity contribution in [1.82, 2.24) is 4.90 Å². The van der Waals surface area contributed by atoms with Crippen LogP contribution in [0.4, 0.5) is 4.79 Å². The first-order valence-electron chi connectivity index (χ1n) is 7.94. The number of rotatable bonds is 5. The van der Waals surface area contributed by atoms with Crippen molar-refractivity contribution in [2.45, 2.75) is 6.54 Å². The third-order valence-electron chi connectivity index (χ3n) is 3.75. The van der Waals surface area contributed by atoms with E-state index in [4.69, 9.17) is 46.0 Å². The van der Waals surface area contributed by atoms with E-state index in [1.165, 1.54) is 4.90 Å². The van der Waals surface area contributed by atoms with Crippen molar-refractivity contribution in [2.24, 2.45) is 0 Å². The Labute approximate surface area is 181 Å². The third-order valence-corrected chi connectivity index (χ3v) is 5.47. The molecule has 0 bridgehead atoms. The van der Waals surface area contributed by atoms with Crippen LogP contribution in [0.2, 0.25) is 15.1 Å². The number of carbonyl (C=O) groups excluding carboxylic acids is 2. The first-order valence-corrected chi connectivity index (χ1v) is 9.89. The van der Waals surface area contributed by atoms with Gasteiger partial charge in [-0.15, -0.1) is 6.42 Å². The van der Waals surface area contributed by atoms with E-state index < -0.39 is 0 Å². The number of terminal acetylenes is 1. The molecule has 1 heterocycles. The highest BCUT2D eigenvalue weighted by Gasteiger charge is 2.35. The largest absolute Gasteiger partial charge is 0.478 e. The summed E-state index contributed by atoms with van der Waals surface area (Å²) < 4.78 is 5.31. The van der Waals surface area contributed by atoms with Gasteiger partial charge in [0.05, 0.1) is 21.5 Å². The van der Waals surface area contributed by atoms with Crippen LogP contribution in [0.3, 0.4) is 0 Å². The lowest BCUT2D eigenvalue weighted by Gasteiger charge is -2.12. The molecule has 0 atom stereocenters. The molecule has 1 aliphatic rings. The zero-order valence-electron chi connectivity index (χ0n) is 14.2. The Bertz CT molecular complexity index is 989. The van der Waals surface area contributed by atoms with Crippen molar-refractivity contribution in [3.8, 4) is 18.1 Å². The molecule has 0 spiro atoms. The quantitative estimate of drug-likeness (QED) is 0.419. The molecule has 2 aromatic rings. The molecule has 0 aromatic heterocycles. The van der Waals surface area contributed by atoms with Gasteiger partial charge in [0.1, 0.15) is 6.61 Å². The van der Waals surface area contributed by atoms with Gasteiger partial charge in [-0.1, -0.05) is 52.9 Å². The molecule has 0 N–H and O–H groups in total. The summed E-state index contributed by atoms with van der Waals surface area (Å²) in [7, 11) is 0. The van der Waals surface area contributed by atoms with Crippen LogP contribution in [-0.2, 0) is 11.3 Å². The molecule has 8 heteroatoms. The molecule has 1 fully saturated rings. The predicted molar refractivity (Wildman–Crippen MR) is 114 cm³/mol. The summed E-state index contributed by atoms with van der Waals surface area (Å²) in [5, 5.41) is 0.752. The second-order valence-electron chi connectivity index (χ2n) is 5.70. The molecule has 0 saturated carbocycles. The normalized spacial score (nSPS) is 15.2. The molecular formula is C20H12Cl3NO3S. The average Bonchev–Trinajstić information content (AvgIpc) is 2.90. The monoisotopic (exact) mass is 451 g/mol. The van der Waals surface area contributed by atoms with Crippen LogP contribution in [0.25, 0.3) is 6.08 Å². The fraction of sp³-hybridized carbons (Fsp3) is 0.100. The molecular weight excluding hydrogens is 441 g/mol. The van der Waals surface area contributed by atoms with Crippen LogP contribution in [0.5, 0.6) is 5.75 Å². The summed E-state index contributed by atoms with van der Waals surface area (Å²) in [6.07, 6.45) is 6.73. The maximum Gasteiger partial charge on any atom is 0.293 e. The topological polar surface area (TPSA) is 46.6 Å². The smallest absolute Gasteiger partial charge is 0.293 e. The highest BCUT2D eigenvalue weighted by atomic mass is 35.5. The minimum Gasteiger partial charge on any atom is -0.478 e. The second-order valence-corrected chi connectivity index (χ2v) is 7.94. The molecule has 28 heavy (non-hydrogen) atoms. The zero-order valence-corrected chi connectivity index (χ0v) is 17.3. The highest BCUT2D eigenvalue weighted by molar-refractivity contribution is 8.18. The number of nitrogens with zero attached hydrogens (tertiary/aromatic N) is 1. The van der Waals surface area contributed by atoms with E-state index in [0.717, 1.165) is 17.3 Å². The van der Waals surface area contributed by atoms with Gasteiger partial charge in [0, 0.05) is 5.02 Å². The van der Waals surface area contributed by atoms with Crippen LogP contribution in [0.1, 0.15) is 11.1 Å². The first kappa shape index (κ1) is 20.6. The summed E-state index contributed by atoms with van der Waals surface area (Å²) in [5.41, 5.74) is 1.37. The van der Waals surface area contributed by atoms with E-state index in [1.807, 2.05) is 0 Å². The van der Waals surface area contributed by atoms with Gasteiger partial charge in [-0.05, 0) is 53.2 Å². The van der Waals surface area contributed by atoms with Gasteiger partial charge in [-0.3, -0.25) is 14.5 Å². The number of amides is 2. The van der Waals surface area contributed by atoms with E-state index in [0.29, 0.717) is 10.6 Å². The molecule has 1 saturated heterocycles. The van der Waals surface area contributed by atoms with Crippen molar-refractivity contribution >= 4 is 63.8 Å². The van der Waals surface area contributed by atoms with Crippen LogP contribution in [0, 0.1) is 12.3 Å². The van der Waals surface area contributed by atoms with Gasteiger partial charge in [0.25, 0.3) is 11.1 Å². The number of hydrogen-bond acceptors (Lipinski definition) is 4. The number of carbonyl (C=O) groups is 2. The maximum atomic E-state index is 12.6. The molecule has 4 nitrogen and oxygen atoms in total. The van der Waals surface area contributed by atoms with Crippen LogP contribution >= 0.6 is 46.6 Å². The van der Waals surface area contributed by atoms with Gasteiger partial charge in [-0.2, -0.15) is 0 Å². The Morgan fingerprint density at radius 3 is 2.36 bits per heavy atom. The summed E-state index contributed by atoms with van der Waals surface area (Å²) >= 11 is 19.1. The average molecular weight is 453 g/mol. The summed E-state index contributed by atoms with van der Waals surface area (Å²) in [6, 6.07) is 10.1. The van der Waals surface area contributed by atoms with Crippen molar-refractivity contribution in [2.75, 3.05) is 6.61 Å². The molecule has 142 valence electrons. The Morgan fingerprint density at radius 1 is 1.11 bits per heavy atom. The molecule has 1 aliphatic heterocycles. The van der Waals surface area contributed by atoms with E-state index in [9.17, 15) is 9.59 Å². The number of benzene rings is 2. The molecule has 2 aromatic carbocycles. The van der Waals surface area contributed by atoms with Crippen LogP contribution in [-0.4, -0.2) is 22.7 Å². The maximum absolute atomic E-state index is 12.6. The first-order chi connectivity index (χ1) is 13.4. The lowest BCUT2D eigenvalue weighted by molar-refractivity contribution is -0.123. The number of halogens is 3. The number of imide groups is 1. The van der Waals surface area contributed by atoms with Gasteiger partial charge >= 0.3 is 0 Å². The lowest BCUT2D eigenvalue weighted by Crippen LogP contribution is -2.27. The molecule has 0 radical (unpaired) electrons. The Kier molecular flexibility index (Phi) is 6.58. The van der Waals surface area contributed by atoms with Crippen LogP contribution in [0.15, 0.2) is 41.3 Å². The number of hydrogen-bond donors (Lipinski definition) is 0. The van der Waals surface area contributed by atoms with Crippen molar-refractivity contribution in [1.29, 1.82) is 0 Å². The number of thioether (sulfide) groups is 1. The Balaban J connectivity index is 1.81. The molecule has 0 aliphatic carbocycles. The summed E-state index contributed by atoms with van der Waals surface area (Å²) in [5.74, 6) is 2.22. The second kappa shape index (κ2) is 8.93. The SMILES string of the molecule is C#CCOc1c(Cl)cc(/C=C2\SC(=O)N(Cc3ccc(Cl)cc3)C2=O)cc1Cl. The fourth-order valence-electron chi connectivity index (χ4n) is 2.47. The van der Waals surface area contributed by atoms with Crippen molar-refractivity contribution in [3.63, 3.8) is 0 Å². The predicted octanol–water partition coefficient (Wildman–Crippen LogP) is 5.90. The molecule has 3 rings (SSSR count). The van der Waals surface area contributed by atoms with Gasteiger partial charge < -0.3 is 4.74 Å². The van der Waals surface area contributed by atoms with Gasteiger partial charge in [0.15, 0.2) is 5.75 Å². The van der Waals surface area contributed by atoms with E-state index in [1.54, 1.807) is 42.5 Å². The van der Waals surface area contributed by atoms with E-state index in [-0.39, 0.29) is 45.0 Å². The van der Waals surface area contributed by atoms with Crippen molar-refractivity contribution < 1.29 is 14.3 Å². The standard InChI is InChI=1S/C20H12Cl3NO3S/c1-2-7-27-18-15(22)8-13(9-16(18)23)10-17-19(25)24(20(26)28-17)11-12-3-5-14(21)6-4-12/h1,3-6,8-10H,7,11H2/b17-10-. The minimum atomic E-state index is -0.384. The number of ether oxygens (including phenoxy) is 1. The zero-order chi connectivity index (χ0) is 20.3. The summed E-state index contributed by atoms with van der Waals surface area (Å²) in [4.78, 5) is 26.4. The van der Waals surface area contributed by atoms with Gasteiger partial charge in [0.2, 0.25) is 0 Å². The Hall–Kier alpha value is -2.10. The lowest BCUT2D eigenvalue weighted by atomic mass is 10.2. The van der Waals surface area contributed by atoms with Gasteiger partial charge in [-0.25, -0.2) is 0 Å². The van der Waals surface area contributed by atoms with Crippen molar-refractivity contribution in [3.05, 3.63) is 67.5 Å². The van der Waals surface area contributed by atoms with E-state index in [2.05, 4.69) is 5.92 Å². The Morgan fingerprint density at radius 2 is 1.75 bits per heavy atom. The third kappa shape index (κ3) is 4.65. The fourth-order valence-corrected chi connectivity index (χ4v) is 4.05. The molecule has 2 amide bonds.